The van der Waals surface area contributed by atoms with Crippen LogP contribution in [-0.2, 0) is 6.61 Å². The van der Waals surface area contributed by atoms with Gasteiger partial charge in [-0.1, -0.05) is 13.8 Å². The lowest BCUT2D eigenvalue weighted by atomic mass is 10.0. The van der Waals surface area contributed by atoms with Crippen LogP contribution in [-0.4, -0.2) is 48.2 Å². The highest BCUT2D eigenvalue weighted by molar-refractivity contribution is 5.43. The van der Waals surface area contributed by atoms with Crippen LogP contribution in [0.5, 0.6) is 0 Å². The van der Waals surface area contributed by atoms with Crippen LogP contribution in [0.25, 0.3) is 0 Å². The van der Waals surface area contributed by atoms with Crippen molar-refractivity contribution in [1.29, 1.82) is 0 Å². The topological polar surface area (TPSA) is 39.6 Å². The van der Waals surface area contributed by atoms with Crippen LogP contribution in [0.4, 0.5) is 5.82 Å². The first-order valence-electron chi connectivity index (χ1n) is 7.54. The second-order valence-corrected chi connectivity index (χ2v) is 6.22. The van der Waals surface area contributed by atoms with Gasteiger partial charge in [0.05, 0.1) is 6.61 Å². The van der Waals surface area contributed by atoms with Crippen LogP contribution in [0.2, 0.25) is 0 Å². The molecular weight excluding hydrogens is 250 g/mol. The molecule has 0 unspecified atom stereocenters. The fraction of sp³-hybridized carbons (Fsp3) is 0.688. The summed E-state index contributed by atoms with van der Waals surface area (Å²) in [5.41, 5.74) is 2.02. The second-order valence-electron chi connectivity index (χ2n) is 6.22. The van der Waals surface area contributed by atoms with Gasteiger partial charge in [0, 0.05) is 18.8 Å². The van der Waals surface area contributed by atoms with Crippen molar-refractivity contribution in [3.8, 4) is 0 Å². The standard InChI is InChI=1S/C16H27N3O/c1-12(2)15-9-13(11-20)10-16(17-15)19(4)14-5-7-18(3)8-6-14/h9-10,12,14,20H,5-8,11H2,1-4H3. The van der Waals surface area contributed by atoms with E-state index in [0.717, 1.165) is 30.2 Å². The summed E-state index contributed by atoms with van der Waals surface area (Å²) in [6.45, 7) is 6.65. The molecule has 0 amide bonds. The van der Waals surface area contributed by atoms with Gasteiger partial charge >= 0.3 is 0 Å². The molecule has 1 fully saturated rings. The quantitative estimate of drug-likeness (QED) is 0.916. The van der Waals surface area contributed by atoms with Crippen LogP contribution in [0.15, 0.2) is 12.1 Å². The fourth-order valence-electron chi connectivity index (χ4n) is 2.73. The van der Waals surface area contributed by atoms with Crippen molar-refractivity contribution in [1.82, 2.24) is 9.88 Å². The van der Waals surface area contributed by atoms with Gasteiger partial charge in [-0.15, -0.1) is 0 Å². The van der Waals surface area contributed by atoms with Crippen LogP contribution >= 0.6 is 0 Å². The Labute approximate surface area is 122 Å². The minimum absolute atomic E-state index is 0.0798. The van der Waals surface area contributed by atoms with Gasteiger partial charge in [0.25, 0.3) is 0 Å². The van der Waals surface area contributed by atoms with Gasteiger partial charge in [-0.25, -0.2) is 4.98 Å². The molecule has 0 atom stereocenters. The number of nitrogens with zero attached hydrogens (tertiary/aromatic N) is 3. The van der Waals surface area contributed by atoms with Crippen molar-refractivity contribution in [3.05, 3.63) is 23.4 Å². The second kappa shape index (κ2) is 6.55. The fourth-order valence-corrected chi connectivity index (χ4v) is 2.73. The number of hydrogen-bond donors (Lipinski definition) is 1. The van der Waals surface area contributed by atoms with E-state index in [4.69, 9.17) is 4.98 Å². The van der Waals surface area contributed by atoms with E-state index in [1.807, 2.05) is 12.1 Å². The molecule has 0 bridgehead atoms. The average Bonchev–Trinajstić information content (AvgIpc) is 2.46. The summed E-state index contributed by atoms with van der Waals surface area (Å²) in [4.78, 5) is 9.44. The van der Waals surface area contributed by atoms with E-state index in [1.165, 1.54) is 12.8 Å². The predicted octanol–water partition coefficient (Wildman–Crippen LogP) is 2.23. The number of aliphatic hydroxyl groups is 1. The maximum absolute atomic E-state index is 9.44. The molecule has 2 rings (SSSR count). The van der Waals surface area contributed by atoms with Gasteiger partial charge in [-0.05, 0) is 56.6 Å². The number of anilines is 1. The highest BCUT2D eigenvalue weighted by Crippen LogP contribution is 2.24. The first kappa shape index (κ1) is 15.3. The molecule has 1 aliphatic rings. The highest BCUT2D eigenvalue weighted by Gasteiger charge is 2.22. The molecule has 112 valence electrons. The Hall–Kier alpha value is -1.13. The number of piperidine rings is 1. The summed E-state index contributed by atoms with van der Waals surface area (Å²) in [6, 6.07) is 4.58. The van der Waals surface area contributed by atoms with Gasteiger partial charge in [0.1, 0.15) is 5.82 Å². The van der Waals surface area contributed by atoms with Crippen molar-refractivity contribution in [2.75, 3.05) is 32.1 Å². The Morgan fingerprint density at radius 1 is 1.35 bits per heavy atom. The molecule has 1 saturated heterocycles. The number of hydrogen-bond acceptors (Lipinski definition) is 4. The maximum Gasteiger partial charge on any atom is 0.129 e. The smallest absolute Gasteiger partial charge is 0.129 e. The molecule has 0 saturated carbocycles. The number of aliphatic hydroxyl groups excluding tert-OH is 1. The summed E-state index contributed by atoms with van der Waals surface area (Å²) in [5.74, 6) is 1.38. The summed E-state index contributed by atoms with van der Waals surface area (Å²) >= 11 is 0. The Bertz CT molecular complexity index is 439. The van der Waals surface area contributed by atoms with Gasteiger partial charge < -0.3 is 14.9 Å². The van der Waals surface area contributed by atoms with Gasteiger partial charge in [0.15, 0.2) is 0 Å². The van der Waals surface area contributed by atoms with Crippen LogP contribution in [0, 0.1) is 0 Å². The van der Waals surface area contributed by atoms with E-state index >= 15 is 0 Å². The molecule has 0 radical (unpaired) electrons. The summed E-state index contributed by atoms with van der Waals surface area (Å²) in [7, 11) is 4.31. The third kappa shape index (κ3) is 3.49. The molecule has 0 spiro atoms. The van der Waals surface area contributed by atoms with Crippen molar-refractivity contribution in [2.24, 2.45) is 0 Å². The lowest BCUT2D eigenvalue weighted by Gasteiger charge is -2.36. The molecule has 4 heteroatoms. The number of aromatic nitrogens is 1. The van der Waals surface area contributed by atoms with Gasteiger partial charge in [0.2, 0.25) is 0 Å². The summed E-state index contributed by atoms with van der Waals surface area (Å²) in [6.07, 6.45) is 2.35. The Morgan fingerprint density at radius 3 is 2.55 bits per heavy atom. The van der Waals surface area contributed by atoms with Crippen molar-refractivity contribution >= 4 is 5.82 Å². The van der Waals surface area contributed by atoms with Crippen molar-refractivity contribution in [3.63, 3.8) is 0 Å². The molecule has 2 heterocycles. The van der Waals surface area contributed by atoms with Crippen molar-refractivity contribution in [2.45, 2.75) is 45.3 Å². The summed E-state index contributed by atoms with van der Waals surface area (Å²) in [5, 5.41) is 9.44. The zero-order chi connectivity index (χ0) is 14.7. The third-order valence-electron chi connectivity index (χ3n) is 4.26. The Kier molecular flexibility index (Phi) is 5.00. The minimum Gasteiger partial charge on any atom is -0.392 e. The Morgan fingerprint density at radius 2 is 2.00 bits per heavy atom. The average molecular weight is 277 g/mol. The Balaban J connectivity index is 2.20. The summed E-state index contributed by atoms with van der Waals surface area (Å²) < 4.78 is 0. The van der Waals surface area contributed by atoms with Crippen molar-refractivity contribution < 1.29 is 5.11 Å². The molecule has 4 nitrogen and oxygen atoms in total. The van der Waals surface area contributed by atoms with E-state index in [-0.39, 0.29) is 6.61 Å². The first-order valence-corrected chi connectivity index (χ1v) is 7.54. The monoisotopic (exact) mass is 277 g/mol. The zero-order valence-electron chi connectivity index (χ0n) is 13.1. The lowest BCUT2D eigenvalue weighted by Crippen LogP contribution is -2.42. The van der Waals surface area contributed by atoms with E-state index in [1.54, 1.807) is 0 Å². The molecule has 1 aromatic rings. The molecule has 1 aromatic heterocycles. The molecular formula is C16H27N3O. The number of rotatable bonds is 4. The SMILES string of the molecule is CC(C)c1cc(CO)cc(N(C)C2CCN(C)CC2)n1. The first-order chi connectivity index (χ1) is 9.51. The lowest BCUT2D eigenvalue weighted by molar-refractivity contribution is 0.252. The van der Waals surface area contributed by atoms with Crippen LogP contribution in [0.1, 0.15) is 43.9 Å². The predicted molar refractivity (Wildman–Crippen MR) is 83.2 cm³/mol. The van der Waals surface area contributed by atoms with Gasteiger partial charge in [-0.3, -0.25) is 0 Å². The molecule has 1 N–H and O–H groups in total. The van der Waals surface area contributed by atoms with Gasteiger partial charge in [-0.2, -0.15) is 0 Å². The minimum atomic E-state index is 0.0798. The number of pyridine rings is 1. The van der Waals surface area contributed by atoms with E-state index < -0.39 is 0 Å². The van der Waals surface area contributed by atoms with E-state index in [2.05, 4.69) is 37.7 Å². The van der Waals surface area contributed by atoms with Crippen LogP contribution < -0.4 is 4.90 Å². The highest BCUT2D eigenvalue weighted by atomic mass is 16.3. The normalized spacial score (nSPS) is 17.7. The van der Waals surface area contributed by atoms with E-state index in [9.17, 15) is 5.11 Å². The zero-order valence-corrected chi connectivity index (χ0v) is 13.1. The molecule has 1 aliphatic heterocycles. The maximum atomic E-state index is 9.44. The largest absolute Gasteiger partial charge is 0.392 e. The molecule has 20 heavy (non-hydrogen) atoms. The molecule has 0 aromatic carbocycles. The third-order valence-corrected chi connectivity index (χ3v) is 4.26. The number of likely N-dealkylation sites (tertiary alicyclic amines) is 1. The molecule has 0 aliphatic carbocycles. The van der Waals surface area contributed by atoms with E-state index in [0.29, 0.717) is 12.0 Å². The van der Waals surface area contributed by atoms with Crippen LogP contribution in [0.3, 0.4) is 0 Å².